The van der Waals surface area contributed by atoms with E-state index < -0.39 is 5.25 Å². The lowest BCUT2D eigenvalue weighted by atomic mass is 10.1. The van der Waals surface area contributed by atoms with E-state index in [4.69, 9.17) is 0 Å². The van der Waals surface area contributed by atoms with Crippen molar-refractivity contribution in [3.05, 3.63) is 54.1 Å². The van der Waals surface area contributed by atoms with Crippen molar-refractivity contribution < 1.29 is 14.4 Å². The van der Waals surface area contributed by atoms with Gasteiger partial charge in [0.15, 0.2) is 0 Å². The molecule has 1 aliphatic carbocycles. The molecule has 1 heterocycles. The first-order chi connectivity index (χ1) is 13.1. The highest BCUT2D eigenvalue weighted by Gasteiger charge is 2.29. The van der Waals surface area contributed by atoms with Gasteiger partial charge in [0.25, 0.3) is 5.91 Å². The first-order valence-electron chi connectivity index (χ1n) is 8.86. The van der Waals surface area contributed by atoms with Crippen LogP contribution in [0.3, 0.4) is 0 Å². The minimum absolute atomic E-state index is 0.0589. The Bertz CT molecular complexity index is 911. The van der Waals surface area contributed by atoms with Gasteiger partial charge < -0.3 is 16.0 Å². The lowest BCUT2D eigenvalue weighted by Crippen LogP contribution is -2.32. The number of benzene rings is 2. The average Bonchev–Trinajstić information content (AvgIpc) is 3.46. The molecule has 0 spiro atoms. The second kappa shape index (κ2) is 7.44. The van der Waals surface area contributed by atoms with E-state index in [1.54, 1.807) is 24.3 Å². The van der Waals surface area contributed by atoms with Crippen LogP contribution in [0.4, 0.5) is 11.4 Å². The number of hydrogen-bond donors (Lipinski definition) is 3. The standard InChI is InChI=1S/C20H19N3O3S/c24-18(11-17-20(26)23-15-6-1-2-7-16(15)27-17)21-14-5-3-4-12(10-14)19(25)22-13-8-9-13/h1-7,10,13,17H,8-9,11H2,(H,21,24)(H,22,25)(H,23,26). The molecule has 0 radical (unpaired) electrons. The molecule has 3 N–H and O–H groups in total. The molecule has 0 saturated heterocycles. The van der Waals surface area contributed by atoms with Gasteiger partial charge in [-0.15, -0.1) is 11.8 Å². The maximum atomic E-state index is 12.4. The van der Waals surface area contributed by atoms with Crippen LogP contribution in [0.1, 0.15) is 29.6 Å². The number of carbonyl (C=O) groups is 3. The van der Waals surface area contributed by atoms with E-state index in [9.17, 15) is 14.4 Å². The minimum Gasteiger partial charge on any atom is -0.349 e. The van der Waals surface area contributed by atoms with Crippen molar-refractivity contribution in [2.75, 3.05) is 10.6 Å². The topological polar surface area (TPSA) is 87.3 Å². The van der Waals surface area contributed by atoms with Crippen LogP contribution in [0.15, 0.2) is 53.4 Å². The predicted octanol–water partition coefficient (Wildman–Crippen LogP) is 3.02. The summed E-state index contributed by atoms with van der Waals surface area (Å²) >= 11 is 1.39. The Kier molecular flexibility index (Phi) is 4.85. The highest BCUT2D eigenvalue weighted by Crippen LogP contribution is 2.36. The summed E-state index contributed by atoms with van der Waals surface area (Å²) in [7, 11) is 0. The number of carbonyl (C=O) groups excluding carboxylic acids is 3. The molecule has 3 amide bonds. The molecule has 2 aliphatic rings. The lowest BCUT2D eigenvalue weighted by molar-refractivity contribution is -0.120. The van der Waals surface area contributed by atoms with Gasteiger partial charge in [0.05, 0.1) is 10.9 Å². The van der Waals surface area contributed by atoms with E-state index in [2.05, 4.69) is 16.0 Å². The molecular formula is C20H19N3O3S. The molecule has 4 rings (SSSR count). The number of thioether (sulfide) groups is 1. The normalized spacial score (nSPS) is 18.2. The second-order valence-corrected chi connectivity index (χ2v) is 7.92. The van der Waals surface area contributed by atoms with Gasteiger partial charge in [-0.1, -0.05) is 18.2 Å². The van der Waals surface area contributed by atoms with Gasteiger partial charge in [-0.05, 0) is 43.2 Å². The highest BCUT2D eigenvalue weighted by molar-refractivity contribution is 8.01. The molecular weight excluding hydrogens is 362 g/mol. The number of nitrogens with one attached hydrogen (secondary N) is 3. The average molecular weight is 381 g/mol. The Hall–Kier alpha value is -2.80. The van der Waals surface area contributed by atoms with E-state index in [1.165, 1.54) is 11.8 Å². The predicted molar refractivity (Wildman–Crippen MR) is 105 cm³/mol. The van der Waals surface area contributed by atoms with E-state index in [0.717, 1.165) is 23.4 Å². The van der Waals surface area contributed by atoms with Crippen molar-refractivity contribution in [1.29, 1.82) is 0 Å². The zero-order chi connectivity index (χ0) is 18.8. The van der Waals surface area contributed by atoms with Crippen molar-refractivity contribution in [3.63, 3.8) is 0 Å². The summed E-state index contributed by atoms with van der Waals surface area (Å²) in [6.07, 6.45) is 2.10. The van der Waals surface area contributed by atoms with Gasteiger partial charge in [0, 0.05) is 28.6 Å². The first-order valence-corrected chi connectivity index (χ1v) is 9.74. The minimum atomic E-state index is -0.485. The SMILES string of the molecule is O=C(CC1Sc2ccccc2NC1=O)Nc1cccc(C(=O)NC2CC2)c1. The number of anilines is 2. The second-order valence-electron chi connectivity index (χ2n) is 6.67. The molecule has 138 valence electrons. The number of para-hydroxylation sites is 1. The Labute approximate surface area is 161 Å². The molecule has 2 aromatic carbocycles. The monoisotopic (exact) mass is 381 g/mol. The summed E-state index contributed by atoms with van der Waals surface area (Å²) in [6.45, 7) is 0. The Morgan fingerprint density at radius 1 is 1.11 bits per heavy atom. The third-order valence-electron chi connectivity index (χ3n) is 4.40. The lowest BCUT2D eigenvalue weighted by Gasteiger charge is -2.23. The molecule has 1 atom stereocenters. The summed E-state index contributed by atoms with van der Waals surface area (Å²) in [6, 6.07) is 14.6. The molecule has 7 heteroatoms. The molecule has 0 aromatic heterocycles. The zero-order valence-corrected chi connectivity index (χ0v) is 15.3. The quantitative estimate of drug-likeness (QED) is 0.743. The summed E-state index contributed by atoms with van der Waals surface area (Å²) in [4.78, 5) is 37.7. The molecule has 27 heavy (non-hydrogen) atoms. The van der Waals surface area contributed by atoms with Gasteiger partial charge in [0.1, 0.15) is 0 Å². The van der Waals surface area contributed by atoms with Crippen LogP contribution in [0, 0.1) is 0 Å². The van der Waals surface area contributed by atoms with Gasteiger partial charge in [-0.3, -0.25) is 14.4 Å². The maximum absolute atomic E-state index is 12.4. The molecule has 6 nitrogen and oxygen atoms in total. The number of rotatable bonds is 5. The van der Waals surface area contributed by atoms with Crippen LogP contribution in [-0.4, -0.2) is 29.0 Å². The third kappa shape index (κ3) is 4.31. The largest absolute Gasteiger partial charge is 0.349 e. The third-order valence-corrected chi connectivity index (χ3v) is 5.67. The smallest absolute Gasteiger partial charge is 0.251 e. The fourth-order valence-electron chi connectivity index (χ4n) is 2.84. The zero-order valence-electron chi connectivity index (χ0n) is 14.5. The van der Waals surface area contributed by atoms with Gasteiger partial charge in [-0.2, -0.15) is 0 Å². The summed E-state index contributed by atoms with van der Waals surface area (Å²) < 4.78 is 0. The summed E-state index contributed by atoms with van der Waals surface area (Å²) in [5.74, 6) is -0.569. The van der Waals surface area contributed by atoms with E-state index in [1.807, 2.05) is 24.3 Å². The van der Waals surface area contributed by atoms with E-state index in [0.29, 0.717) is 11.3 Å². The fourth-order valence-corrected chi connectivity index (χ4v) is 3.95. The van der Waals surface area contributed by atoms with Crippen molar-refractivity contribution in [2.45, 2.75) is 35.4 Å². The number of amides is 3. The molecule has 1 fully saturated rings. The summed E-state index contributed by atoms with van der Waals surface area (Å²) in [5, 5.41) is 8.06. The Balaban J connectivity index is 1.38. The van der Waals surface area contributed by atoms with Crippen LogP contribution in [0.5, 0.6) is 0 Å². The number of hydrogen-bond acceptors (Lipinski definition) is 4. The Morgan fingerprint density at radius 2 is 1.93 bits per heavy atom. The van der Waals surface area contributed by atoms with Gasteiger partial charge >= 0.3 is 0 Å². The molecule has 2 aromatic rings. The molecule has 0 bridgehead atoms. The van der Waals surface area contributed by atoms with Gasteiger partial charge in [0.2, 0.25) is 11.8 Å². The van der Waals surface area contributed by atoms with E-state index >= 15 is 0 Å². The van der Waals surface area contributed by atoms with Gasteiger partial charge in [-0.25, -0.2) is 0 Å². The van der Waals surface area contributed by atoms with Crippen LogP contribution in [-0.2, 0) is 9.59 Å². The maximum Gasteiger partial charge on any atom is 0.251 e. The number of fused-ring (bicyclic) bond motifs is 1. The summed E-state index contributed by atoms with van der Waals surface area (Å²) in [5.41, 5.74) is 1.84. The van der Waals surface area contributed by atoms with E-state index in [-0.39, 0.29) is 30.2 Å². The van der Waals surface area contributed by atoms with Crippen LogP contribution in [0.25, 0.3) is 0 Å². The molecule has 1 saturated carbocycles. The van der Waals surface area contributed by atoms with Crippen molar-refractivity contribution in [1.82, 2.24) is 5.32 Å². The van der Waals surface area contributed by atoms with Crippen LogP contribution in [0.2, 0.25) is 0 Å². The van der Waals surface area contributed by atoms with Crippen LogP contribution < -0.4 is 16.0 Å². The molecule has 1 aliphatic heterocycles. The van der Waals surface area contributed by atoms with Crippen molar-refractivity contribution >= 4 is 40.9 Å². The van der Waals surface area contributed by atoms with Crippen molar-refractivity contribution in [2.24, 2.45) is 0 Å². The fraction of sp³-hybridized carbons (Fsp3) is 0.250. The first kappa shape index (κ1) is 17.6. The molecule has 1 unspecified atom stereocenters. The van der Waals surface area contributed by atoms with Crippen molar-refractivity contribution in [3.8, 4) is 0 Å². The Morgan fingerprint density at radius 3 is 2.74 bits per heavy atom. The van der Waals surface area contributed by atoms with Crippen LogP contribution >= 0.6 is 11.8 Å². The highest BCUT2D eigenvalue weighted by atomic mass is 32.2.